The third-order valence-corrected chi connectivity index (χ3v) is 3.89. The maximum absolute atomic E-state index is 13.0. The van der Waals surface area contributed by atoms with Crippen LogP contribution in [0.3, 0.4) is 0 Å². The number of nitrogens with zero attached hydrogens (tertiary/aromatic N) is 2. The third-order valence-electron chi connectivity index (χ3n) is 3.89. The van der Waals surface area contributed by atoms with Crippen LogP contribution in [0.5, 0.6) is 0 Å². The number of carbonyl (C=O) groups excluding carboxylic acids is 2. The Balaban J connectivity index is 1.59. The van der Waals surface area contributed by atoms with E-state index in [2.05, 4.69) is 10.5 Å². The third kappa shape index (κ3) is 4.06. The molecule has 25 heavy (non-hydrogen) atoms. The molecule has 2 amide bonds. The predicted octanol–water partition coefficient (Wildman–Crippen LogP) is 2.47. The largest absolute Gasteiger partial charge is 0.312 e. The van der Waals surface area contributed by atoms with E-state index < -0.39 is 5.92 Å². The number of hydrogen-bond acceptors (Lipinski definition) is 3. The topological polar surface area (TPSA) is 61.8 Å². The van der Waals surface area contributed by atoms with Gasteiger partial charge in [0.25, 0.3) is 0 Å². The molecule has 0 bridgehead atoms. The van der Waals surface area contributed by atoms with Crippen LogP contribution in [0.1, 0.15) is 12.0 Å². The van der Waals surface area contributed by atoms with E-state index in [4.69, 9.17) is 0 Å². The summed E-state index contributed by atoms with van der Waals surface area (Å²) in [6.07, 6.45) is 1.46. The molecule has 0 aliphatic carbocycles. The first kappa shape index (κ1) is 16.8. The molecular weight excluding hydrogens is 328 g/mol. The van der Waals surface area contributed by atoms with Crippen molar-refractivity contribution in [2.45, 2.75) is 6.42 Å². The monoisotopic (exact) mass is 343 g/mol. The van der Waals surface area contributed by atoms with Crippen molar-refractivity contribution in [3.05, 3.63) is 65.7 Å². The SMILES string of the molecule is O=C(N/N=C\c1ccc(F)cc1)[C@@H]1CC(=O)N(c2ccc(F)cc2)C1. The molecule has 2 aromatic rings. The molecule has 5 nitrogen and oxygen atoms in total. The summed E-state index contributed by atoms with van der Waals surface area (Å²) in [5.41, 5.74) is 3.58. The van der Waals surface area contributed by atoms with Crippen LogP contribution < -0.4 is 10.3 Å². The predicted molar refractivity (Wildman–Crippen MR) is 89.0 cm³/mol. The summed E-state index contributed by atoms with van der Waals surface area (Å²) in [6.45, 7) is 0.211. The summed E-state index contributed by atoms with van der Waals surface area (Å²) in [4.78, 5) is 25.7. The van der Waals surface area contributed by atoms with Crippen molar-refractivity contribution in [3.8, 4) is 0 Å². The second-order valence-corrected chi connectivity index (χ2v) is 5.67. The van der Waals surface area contributed by atoms with E-state index in [1.54, 1.807) is 0 Å². The molecule has 0 unspecified atom stereocenters. The van der Waals surface area contributed by atoms with Crippen LogP contribution in [0, 0.1) is 17.6 Å². The van der Waals surface area contributed by atoms with Gasteiger partial charge >= 0.3 is 0 Å². The molecule has 0 saturated carbocycles. The molecule has 0 aromatic heterocycles. The van der Waals surface area contributed by atoms with Gasteiger partial charge in [-0.1, -0.05) is 12.1 Å². The number of nitrogens with one attached hydrogen (secondary N) is 1. The molecule has 1 N–H and O–H groups in total. The van der Waals surface area contributed by atoms with Gasteiger partial charge in [0.05, 0.1) is 12.1 Å². The number of rotatable bonds is 4. The second kappa shape index (κ2) is 7.21. The minimum absolute atomic E-state index is 0.0648. The van der Waals surface area contributed by atoms with Gasteiger partial charge in [-0.15, -0.1) is 0 Å². The molecule has 2 aromatic carbocycles. The van der Waals surface area contributed by atoms with E-state index in [-0.39, 0.29) is 36.4 Å². The molecule has 1 fully saturated rings. The molecule has 1 saturated heterocycles. The van der Waals surface area contributed by atoms with Crippen molar-refractivity contribution in [1.82, 2.24) is 5.43 Å². The Labute approximate surface area is 143 Å². The molecule has 0 spiro atoms. The highest BCUT2D eigenvalue weighted by Crippen LogP contribution is 2.25. The van der Waals surface area contributed by atoms with Crippen molar-refractivity contribution in [1.29, 1.82) is 0 Å². The zero-order valence-electron chi connectivity index (χ0n) is 13.2. The van der Waals surface area contributed by atoms with Gasteiger partial charge in [-0.05, 0) is 42.0 Å². The van der Waals surface area contributed by atoms with Crippen molar-refractivity contribution < 1.29 is 18.4 Å². The van der Waals surface area contributed by atoms with Gasteiger partial charge < -0.3 is 4.90 Å². The summed E-state index contributed by atoms with van der Waals surface area (Å²) in [7, 11) is 0. The summed E-state index contributed by atoms with van der Waals surface area (Å²) in [6, 6.07) is 11.2. The van der Waals surface area contributed by atoms with Crippen molar-refractivity contribution in [2.75, 3.05) is 11.4 Å². The summed E-state index contributed by atoms with van der Waals surface area (Å²) in [5, 5.41) is 3.82. The number of hydrazone groups is 1. The normalized spacial score (nSPS) is 17.3. The number of amides is 2. The van der Waals surface area contributed by atoms with Crippen LogP contribution in [0.15, 0.2) is 53.6 Å². The molecule has 128 valence electrons. The molecule has 1 atom stereocenters. The Morgan fingerprint density at radius 2 is 1.68 bits per heavy atom. The van der Waals surface area contributed by atoms with Crippen LogP contribution >= 0.6 is 0 Å². The highest BCUT2D eigenvalue weighted by molar-refractivity contribution is 6.00. The first-order valence-corrected chi connectivity index (χ1v) is 7.67. The lowest BCUT2D eigenvalue weighted by atomic mass is 10.1. The van der Waals surface area contributed by atoms with Gasteiger partial charge in [-0.3, -0.25) is 9.59 Å². The number of anilines is 1. The molecular formula is C18H15F2N3O2. The highest BCUT2D eigenvalue weighted by atomic mass is 19.1. The lowest BCUT2D eigenvalue weighted by molar-refractivity contribution is -0.126. The maximum Gasteiger partial charge on any atom is 0.245 e. The number of hydrogen-bond donors (Lipinski definition) is 1. The fourth-order valence-electron chi connectivity index (χ4n) is 2.56. The Morgan fingerprint density at radius 3 is 2.32 bits per heavy atom. The first-order chi connectivity index (χ1) is 12.0. The van der Waals surface area contributed by atoms with Crippen molar-refractivity contribution in [2.24, 2.45) is 11.0 Å². The fourth-order valence-corrected chi connectivity index (χ4v) is 2.56. The number of benzene rings is 2. The fraction of sp³-hybridized carbons (Fsp3) is 0.167. The lowest BCUT2D eigenvalue weighted by Gasteiger charge is -2.16. The number of halogens is 2. The van der Waals surface area contributed by atoms with Gasteiger partial charge in [0, 0.05) is 18.7 Å². The average Bonchev–Trinajstić information content (AvgIpc) is 2.99. The summed E-state index contributed by atoms with van der Waals surface area (Å²) >= 11 is 0. The summed E-state index contributed by atoms with van der Waals surface area (Å²) in [5.74, 6) is -1.86. The van der Waals surface area contributed by atoms with Gasteiger partial charge in [0.2, 0.25) is 11.8 Å². The van der Waals surface area contributed by atoms with E-state index in [1.165, 1.54) is 59.6 Å². The van der Waals surface area contributed by atoms with E-state index >= 15 is 0 Å². The Hall–Kier alpha value is -3.09. The number of carbonyl (C=O) groups is 2. The van der Waals surface area contributed by atoms with Gasteiger partial charge in [0.1, 0.15) is 11.6 Å². The minimum atomic E-state index is -0.539. The summed E-state index contributed by atoms with van der Waals surface area (Å²) < 4.78 is 25.8. The van der Waals surface area contributed by atoms with E-state index in [0.29, 0.717) is 11.3 Å². The average molecular weight is 343 g/mol. The highest BCUT2D eigenvalue weighted by Gasteiger charge is 2.35. The van der Waals surface area contributed by atoms with E-state index in [0.717, 1.165) is 0 Å². The minimum Gasteiger partial charge on any atom is -0.312 e. The van der Waals surface area contributed by atoms with Crippen molar-refractivity contribution in [3.63, 3.8) is 0 Å². The Morgan fingerprint density at radius 1 is 1.08 bits per heavy atom. The molecule has 1 heterocycles. The smallest absolute Gasteiger partial charge is 0.245 e. The van der Waals surface area contributed by atoms with Crippen LogP contribution in [0.25, 0.3) is 0 Å². The Bertz CT molecular complexity index is 804. The maximum atomic E-state index is 13.0. The standard InChI is InChI=1S/C18H15F2N3O2/c19-14-3-1-12(2-4-14)10-21-22-18(25)13-9-17(24)23(11-13)16-7-5-15(20)6-8-16/h1-8,10,13H,9,11H2,(H,22,25)/b21-10-/t13-/m1/s1. The molecule has 0 radical (unpaired) electrons. The molecule has 7 heteroatoms. The quantitative estimate of drug-likeness (QED) is 0.685. The van der Waals surface area contributed by atoms with Crippen LogP contribution in [-0.4, -0.2) is 24.6 Å². The van der Waals surface area contributed by atoms with Gasteiger partial charge in [-0.25, -0.2) is 14.2 Å². The van der Waals surface area contributed by atoms with E-state index in [9.17, 15) is 18.4 Å². The van der Waals surface area contributed by atoms with Crippen molar-refractivity contribution >= 4 is 23.7 Å². The van der Waals surface area contributed by atoms with Crippen LogP contribution in [0.4, 0.5) is 14.5 Å². The van der Waals surface area contributed by atoms with Crippen LogP contribution in [-0.2, 0) is 9.59 Å². The van der Waals surface area contributed by atoms with Gasteiger partial charge in [0.15, 0.2) is 0 Å². The second-order valence-electron chi connectivity index (χ2n) is 5.67. The lowest BCUT2D eigenvalue weighted by Crippen LogP contribution is -2.30. The zero-order valence-corrected chi connectivity index (χ0v) is 13.2. The molecule has 1 aliphatic rings. The van der Waals surface area contributed by atoms with Gasteiger partial charge in [-0.2, -0.15) is 5.10 Å². The molecule has 1 aliphatic heterocycles. The van der Waals surface area contributed by atoms with E-state index in [1.807, 2.05) is 0 Å². The zero-order chi connectivity index (χ0) is 17.8. The first-order valence-electron chi connectivity index (χ1n) is 7.67. The van der Waals surface area contributed by atoms with Crippen LogP contribution in [0.2, 0.25) is 0 Å². The molecule has 3 rings (SSSR count). The Kier molecular flexibility index (Phi) is 4.83.